The summed E-state index contributed by atoms with van der Waals surface area (Å²) in [5.41, 5.74) is 2.33. The first kappa shape index (κ1) is 16.6. The maximum absolute atomic E-state index is 12.5. The quantitative estimate of drug-likeness (QED) is 0.636. The molecule has 0 bridgehead atoms. The Bertz CT molecular complexity index is 773. The minimum atomic E-state index is -0.667. The van der Waals surface area contributed by atoms with Gasteiger partial charge < -0.3 is 9.72 Å². The number of aromatic amines is 1. The van der Waals surface area contributed by atoms with Crippen LogP contribution in [0.15, 0.2) is 6.33 Å². The number of methoxy groups -OCH3 is 1. The number of aromatic nitrogens is 4. The molecule has 2 heterocycles. The Morgan fingerprint density at radius 1 is 1.35 bits per heavy atom. The van der Waals surface area contributed by atoms with E-state index in [1.807, 2.05) is 6.92 Å². The molecule has 0 unspecified atom stereocenters. The molecule has 2 rings (SSSR count). The van der Waals surface area contributed by atoms with E-state index in [4.69, 9.17) is 0 Å². The maximum Gasteiger partial charge on any atom is 0.377 e. The van der Waals surface area contributed by atoms with Gasteiger partial charge in [0.05, 0.1) is 12.8 Å². The zero-order valence-electron chi connectivity index (χ0n) is 13.5. The topological polar surface area (TPSA) is 107 Å². The van der Waals surface area contributed by atoms with Crippen molar-refractivity contribution >= 4 is 17.5 Å². The predicted octanol–water partition coefficient (Wildman–Crippen LogP) is 1.35. The van der Waals surface area contributed by atoms with Gasteiger partial charge in [-0.1, -0.05) is 6.92 Å². The summed E-state index contributed by atoms with van der Waals surface area (Å²) in [6, 6.07) is 0. The molecule has 0 atom stereocenters. The summed E-state index contributed by atoms with van der Waals surface area (Å²) in [6.45, 7) is 5.03. The Kier molecular flexibility index (Phi) is 4.73. The van der Waals surface area contributed by atoms with Crippen molar-refractivity contribution in [1.82, 2.24) is 19.7 Å². The number of esters is 1. The lowest BCUT2D eigenvalue weighted by atomic mass is 10.0. The van der Waals surface area contributed by atoms with Crippen molar-refractivity contribution in [3.63, 3.8) is 0 Å². The van der Waals surface area contributed by atoms with Crippen molar-refractivity contribution in [2.24, 2.45) is 0 Å². The molecule has 0 amide bonds. The van der Waals surface area contributed by atoms with Gasteiger partial charge >= 0.3 is 5.97 Å². The van der Waals surface area contributed by atoms with Gasteiger partial charge in [0.1, 0.15) is 12.9 Å². The molecule has 0 aliphatic rings. The third-order valence-corrected chi connectivity index (χ3v) is 3.49. The van der Waals surface area contributed by atoms with Gasteiger partial charge in [-0.15, -0.1) is 5.10 Å². The molecule has 2 aromatic rings. The number of rotatable bonds is 6. The second-order valence-electron chi connectivity index (χ2n) is 5.07. The van der Waals surface area contributed by atoms with Crippen LogP contribution in [0.4, 0.5) is 0 Å². The zero-order chi connectivity index (χ0) is 17.1. The van der Waals surface area contributed by atoms with Crippen LogP contribution in [0.25, 0.3) is 0 Å². The number of H-pyrrole nitrogens is 1. The van der Waals surface area contributed by atoms with Crippen LogP contribution < -0.4 is 0 Å². The molecular formula is C15H18N4O4. The highest BCUT2D eigenvalue weighted by molar-refractivity contribution is 6.03. The van der Waals surface area contributed by atoms with Gasteiger partial charge in [0, 0.05) is 11.3 Å². The normalized spacial score (nSPS) is 10.6. The standard InChI is InChI=1S/C15H18N4O4/c1-5-10-12(9(3)20)8(2)17-13(10)11(21)6-19-7-16-14(18-19)15(22)23-4/h7,17H,5-6H2,1-4H3. The number of nitrogens with zero attached hydrogens (tertiary/aromatic N) is 3. The van der Waals surface area contributed by atoms with E-state index >= 15 is 0 Å². The van der Waals surface area contributed by atoms with Crippen LogP contribution in [-0.2, 0) is 17.7 Å². The van der Waals surface area contributed by atoms with Crippen molar-refractivity contribution in [2.75, 3.05) is 7.11 Å². The third kappa shape index (κ3) is 3.20. The average molecular weight is 318 g/mol. The number of ether oxygens (including phenoxy) is 1. The molecule has 0 saturated carbocycles. The predicted molar refractivity (Wildman–Crippen MR) is 80.6 cm³/mol. The van der Waals surface area contributed by atoms with Gasteiger partial charge in [-0.3, -0.25) is 9.59 Å². The van der Waals surface area contributed by atoms with Crippen molar-refractivity contribution in [3.05, 3.63) is 34.7 Å². The van der Waals surface area contributed by atoms with E-state index in [2.05, 4.69) is 19.8 Å². The van der Waals surface area contributed by atoms with E-state index in [1.54, 1.807) is 6.92 Å². The van der Waals surface area contributed by atoms with Crippen LogP contribution in [0, 0.1) is 6.92 Å². The van der Waals surface area contributed by atoms with E-state index < -0.39 is 5.97 Å². The van der Waals surface area contributed by atoms with E-state index in [0.717, 1.165) is 0 Å². The smallest absolute Gasteiger partial charge is 0.377 e. The van der Waals surface area contributed by atoms with Crippen molar-refractivity contribution in [2.45, 2.75) is 33.7 Å². The third-order valence-electron chi connectivity index (χ3n) is 3.49. The summed E-state index contributed by atoms with van der Waals surface area (Å²) in [4.78, 5) is 42.3. The van der Waals surface area contributed by atoms with E-state index in [0.29, 0.717) is 28.9 Å². The summed E-state index contributed by atoms with van der Waals surface area (Å²) in [6.07, 6.45) is 1.85. The number of aryl methyl sites for hydroxylation is 1. The Morgan fingerprint density at radius 2 is 2.04 bits per heavy atom. The highest BCUT2D eigenvalue weighted by Gasteiger charge is 2.22. The molecule has 0 aliphatic carbocycles. The van der Waals surface area contributed by atoms with Gasteiger partial charge in [0.25, 0.3) is 5.82 Å². The Morgan fingerprint density at radius 3 is 2.61 bits per heavy atom. The lowest BCUT2D eigenvalue weighted by molar-refractivity contribution is 0.0585. The second kappa shape index (κ2) is 6.55. The van der Waals surface area contributed by atoms with E-state index in [-0.39, 0.29) is 23.9 Å². The Hall–Kier alpha value is -2.77. The molecule has 0 saturated heterocycles. The molecule has 0 aliphatic heterocycles. The number of carbonyl (C=O) groups excluding carboxylic acids is 3. The van der Waals surface area contributed by atoms with Crippen LogP contribution in [-0.4, -0.2) is 44.4 Å². The monoisotopic (exact) mass is 318 g/mol. The largest absolute Gasteiger partial charge is 0.463 e. The summed E-state index contributed by atoms with van der Waals surface area (Å²) < 4.78 is 5.78. The molecule has 122 valence electrons. The van der Waals surface area contributed by atoms with Crippen LogP contribution in [0.2, 0.25) is 0 Å². The molecule has 0 radical (unpaired) electrons. The SMILES string of the molecule is CCc1c(C(=O)Cn2cnc(C(=O)OC)n2)[nH]c(C)c1C(C)=O. The van der Waals surface area contributed by atoms with E-state index in [9.17, 15) is 14.4 Å². The zero-order valence-corrected chi connectivity index (χ0v) is 13.5. The summed E-state index contributed by atoms with van der Waals surface area (Å²) in [7, 11) is 1.23. The number of hydrogen-bond donors (Lipinski definition) is 1. The first-order valence-corrected chi connectivity index (χ1v) is 7.12. The number of carbonyl (C=O) groups is 3. The van der Waals surface area contributed by atoms with Gasteiger partial charge in [-0.2, -0.15) is 0 Å². The van der Waals surface area contributed by atoms with Gasteiger partial charge in [0.2, 0.25) is 5.78 Å². The first-order chi connectivity index (χ1) is 10.9. The van der Waals surface area contributed by atoms with Gasteiger partial charge in [0.15, 0.2) is 5.78 Å². The molecule has 0 spiro atoms. The second-order valence-corrected chi connectivity index (χ2v) is 5.07. The number of ketones is 2. The molecule has 1 N–H and O–H groups in total. The number of nitrogens with one attached hydrogen (secondary N) is 1. The molecule has 23 heavy (non-hydrogen) atoms. The molecular weight excluding hydrogens is 300 g/mol. The van der Waals surface area contributed by atoms with E-state index in [1.165, 1.54) is 25.0 Å². The minimum Gasteiger partial charge on any atom is -0.463 e. The summed E-state index contributed by atoms with van der Waals surface area (Å²) in [5.74, 6) is -1.09. The lowest BCUT2D eigenvalue weighted by Gasteiger charge is -2.03. The van der Waals surface area contributed by atoms with Gasteiger partial charge in [-0.25, -0.2) is 14.5 Å². The highest BCUT2D eigenvalue weighted by atomic mass is 16.5. The fraction of sp³-hybridized carbons (Fsp3) is 0.400. The maximum atomic E-state index is 12.5. The lowest BCUT2D eigenvalue weighted by Crippen LogP contribution is -2.14. The van der Waals surface area contributed by atoms with Crippen molar-refractivity contribution in [1.29, 1.82) is 0 Å². The van der Waals surface area contributed by atoms with Crippen LogP contribution in [0.5, 0.6) is 0 Å². The van der Waals surface area contributed by atoms with Crippen molar-refractivity contribution < 1.29 is 19.1 Å². The van der Waals surface area contributed by atoms with Crippen LogP contribution in [0.1, 0.15) is 56.6 Å². The highest BCUT2D eigenvalue weighted by Crippen LogP contribution is 2.21. The fourth-order valence-electron chi connectivity index (χ4n) is 2.53. The number of hydrogen-bond acceptors (Lipinski definition) is 6. The molecule has 8 nitrogen and oxygen atoms in total. The van der Waals surface area contributed by atoms with Gasteiger partial charge in [-0.05, 0) is 25.8 Å². The molecule has 0 fully saturated rings. The summed E-state index contributed by atoms with van der Waals surface area (Å²) in [5, 5.41) is 3.90. The van der Waals surface area contributed by atoms with Crippen molar-refractivity contribution in [3.8, 4) is 0 Å². The number of Topliss-reactive ketones (excluding diaryl/α,β-unsaturated/α-hetero) is 2. The fourth-order valence-corrected chi connectivity index (χ4v) is 2.53. The first-order valence-electron chi connectivity index (χ1n) is 7.12. The average Bonchev–Trinajstić information content (AvgIpc) is 3.10. The summed E-state index contributed by atoms with van der Waals surface area (Å²) >= 11 is 0. The molecule has 8 heteroatoms. The van der Waals surface area contributed by atoms with Crippen LogP contribution >= 0.6 is 0 Å². The van der Waals surface area contributed by atoms with Crippen LogP contribution in [0.3, 0.4) is 0 Å². The Labute approximate surface area is 132 Å². The minimum absolute atomic E-state index is 0.0802. The molecule has 2 aromatic heterocycles. The Balaban J connectivity index is 2.28. The molecule has 0 aromatic carbocycles.